The highest BCUT2D eigenvalue weighted by atomic mass is 19.1. The number of benzene rings is 3. The summed E-state index contributed by atoms with van der Waals surface area (Å²) < 4.78 is 14.1. The maximum Gasteiger partial charge on any atom is 0.279 e. The molecule has 3 aromatic carbocycles. The lowest BCUT2D eigenvalue weighted by atomic mass is 10.1. The molecule has 0 heterocycles. The maximum absolute atomic E-state index is 14.1. The van der Waals surface area contributed by atoms with E-state index >= 15 is 0 Å². The predicted octanol–water partition coefficient (Wildman–Crippen LogP) is 3.73. The number of carbonyl (C=O) groups excluding carboxylic acids is 2. The van der Waals surface area contributed by atoms with Gasteiger partial charge in [-0.15, -0.1) is 0 Å². The Kier molecular flexibility index (Phi) is 5.40. The van der Waals surface area contributed by atoms with Crippen LogP contribution in [0.2, 0.25) is 0 Å². The second-order valence-corrected chi connectivity index (χ2v) is 5.70. The summed E-state index contributed by atoms with van der Waals surface area (Å²) in [5.74, 6) is -2.17. The number of nitro benzene ring substituents is 1. The standard InChI is InChI=1S/C20H14FN3O4/c21-18-9-5-4-8-17(18)20(26)23(15-6-2-1-3-7-15)22-19(25)14-10-12-16(13-11-14)24(27)28/h1-13H,(H,22,25). The van der Waals surface area contributed by atoms with E-state index in [-0.39, 0.29) is 16.8 Å². The number of hydrogen-bond acceptors (Lipinski definition) is 4. The Hall–Kier alpha value is -4.07. The van der Waals surface area contributed by atoms with Crippen LogP contribution in [0.5, 0.6) is 0 Å². The van der Waals surface area contributed by atoms with Crippen LogP contribution in [-0.4, -0.2) is 16.7 Å². The third-order valence-electron chi connectivity index (χ3n) is 3.88. The van der Waals surface area contributed by atoms with Gasteiger partial charge < -0.3 is 0 Å². The van der Waals surface area contributed by atoms with Gasteiger partial charge in [-0.1, -0.05) is 30.3 Å². The van der Waals surface area contributed by atoms with Crippen LogP contribution in [0.4, 0.5) is 15.8 Å². The van der Waals surface area contributed by atoms with E-state index in [0.29, 0.717) is 5.69 Å². The number of anilines is 1. The Bertz CT molecular complexity index is 1020. The van der Waals surface area contributed by atoms with Crippen molar-refractivity contribution in [3.63, 3.8) is 0 Å². The first-order chi connectivity index (χ1) is 13.5. The smallest absolute Gasteiger partial charge is 0.267 e. The van der Waals surface area contributed by atoms with Gasteiger partial charge in [-0.05, 0) is 36.4 Å². The van der Waals surface area contributed by atoms with Gasteiger partial charge in [0.25, 0.3) is 17.5 Å². The molecule has 3 rings (SSSR count). The molecule has 3 aromatic rings. The minimum absolute atomic E-state index is 0.105. The molecule has 0 aliphatic rings. The molecule has 0 spiro atoms. The quantitative estimate of drug-likeness (QED) is 0.552. The molecule has 28 heavy (non-hydrogen) atoms. The fraction of sp³-hybridized carbons (Fsp3) is 0. The number of halogens is 1. The Morgan fingerprint density at radius 3 is 2.11 bits per heavy atom. The Balaban J connectivity index is 1.91. The highest BCUT2D eigenvalue weighted by Crippen LogP contribution is 2.18. The van der Waals surface area contributed by atoms with Crippen molar-refractivity contribution in [2.75, 3.05) is 5.01 Å². The topological polar surface area (TPSA) is 92.6 Å². The molecule has 140 valence electrons. The summed E-state index contributed by atoms with van der Waals surface area (Å²) >= 11 is 0. The van der Waals surface area contributed by atoms with E-state index in [4.69, 9.17) is 0 Å². The molecule has 0 aliphatic heterocycles. The van der Waals surface area contributed by atoms with E-state index in [1.165, 1.54) is 42.5 Å². The van der Waals surface area contributed by atoms with E-state index in [0.717, 1.165) is 11.1 Å². The molecule has 0 saturated carbocycles. The number of nitrogens with zero attached hydrogens (tertiary/aromatic N) is 2. The highest BCUT2D eigenvalue weighted by molar-refractivity contribution is 6.09. The van der Waals surface area contributed by atoms with Crippen molar-refractivity contribution >= 4 is 23.2 Å². The number of hydrogen-bond donors (Lipinski definition) is 1. The van der Waals surface area contributed by atoms with Crippen molar-refractivity contribution < 1.29 is 18.9 Å². The number of amides is 2. The molecule has 2 amide bonds. The van der Waals surface area contributed by atoms with Gasteiger partial charge in [-0.3, -0.25) is 25.1 Å². The van der Waals surface area contributed by atoms with Gasteiger partial charge in [0, 0.05) is 17.7 Å². The molecule has 0 aliphatic carbocycles. The lowest BCUT2D eigenvalue weighted by Crippen LogP contribution is -2.46. The molecule has 0 radical (unpaired) electrons. The zero-order chi connectivity index (χ0) is 20.1. The van der Waals surface area contributed by atoms with Crippen LogP contribution in [0.25, 0.3) is 0 Å². The zero-order valence-corrected chi connectivity index (χ0v) is 14.4. The number of para-hydroxylation sites is 1. The lowest BCUT2D eigenvalue weighted by molar-refractivity contribution is -0.384. The average molecular weight is 379 g/mol. The monoisotopic (exact) mass is 379 g/mol. The van der Waals surface area contributed by atoms with Crippen molar-refractivity contribution in [1.29, 1.82) is 0 Å². The average Bonchev–Trinajstić information content (AvgIpc) is 2.72. The molecule has 1 N–H and O–H groups in total. The fourth-order valence-corrected chi connectivity index (χ4v) is 2.47. The van der Waals surface area contributed by atoms with Crippen molar-refractivity contribution in [3.8, 4) is 0 Å². The number of carbonyl (C=O) groups is 2. The molecule has 0 bridgehead atoms. The van der Waals surface area contributed by atoms with E-state index in [2.05, 4.69) is 5.43 Å². The Labute approximate surface area is 159 Å². The number of nitro groups is 1. The van der Waals surface area contributed by atoms with E-state index in [9.17, 15) is 24.1 Å². The Morgan fingerprint density at radius 1 is 0.893 bits per heavy atom. The fourth-order valence-electron chi connectivity index (χ4n) is 2.47. The first kappa shape index (κ1) is 18.7. The summed E-state index contributed by atoms with van der Waals surface area (Å²) in [5.41, 5.74) is 2.48. The first-order valence-electron chi connectivity index (χ1n) is 8.17. The molecule has 0 aromatic heterocycles. The predicted molar refractivity (Wildman–Crippen MR) is 100 cm³/mol. The van der Waals surface area contributed by atoms with Crippen LogP contribution >= 0.6 is 0 Å². The summed E-state index contributed by atoms with van der Waals surface area (Å²) in [5, 5.41) is 11.7. The van der Waals surface area contributed by atoms with Crippen LogP contribution in [-0.2, 0) is 0 Å². The van der Waals surface area contributed by atoms with Crippen LogP contribution in [0, 0.1) is 15.9 Å². The molecule has 8 heteroatoms. The summed E-state index contributed by atoms with van der Waals surface area (Å²) in [6.07, 6.45) is 0. The normalized spacial score (nSPS) is 10.2. The van der Waals surface area contributed by atoms with Gasteiger partial charge in [0.05, 0.1) is 16.2 Å². The van der Waals surface area contributed by atoms with Crippen molar-refractivity contribution in [2.45, 2.75) is 0 Å². The van der Waals surface area contributed by atoms with Gasteiger partial charge >= 0.3 is 0 Å². The maximum atomic E-state index is 14.1. The van der Waals surface area contributed by atoms with Gasteiger partial charge in [0.15, 0.2) is 0 Å². The van der Waals surface area contributed by atoms with Gasteiger partial charge in [0.1, 0.15) is 5.82 Å². The number of rotatable bonds is 4. The molecular weight excluding hydrogens is 365 g/mol. The SMILES string of the molecule is O=C(NN(C(=O)c1ccccc1F)c1ccccc1)c1ccc([N+](=O)[O-])cc1. The van der Waals surface area contributed by atoms with Crippen molar-refractivity contribution in [3.05, 3.63) is 106 Å². The lowest BCUT2D eigenvalue weighted by Gasteiger charge is -2.23. The van der Waals surface area contributed by atoms with Gasteiger partial charge in [0.2, 0.25) is 0 Å². The minimum Gasteiger partial charge on any atom is -0.267 e. The zero-order valence-electron chi connectivity index (χ0n) is 14.4. The third-order valence-corrected chi connectivity index (χ3v) is 3.88. The van der Waals surface area contributed by atoms with Crippen LogP contribution < -0.4 is 10.4 Å². The van der Waals surface area contributed by atoms with Crippen LogP contribution in [0.3, 0.4) is 0 Å². The van der Waals surface area contributed by atoms with Crippen molar-refractivity contribution in [1.82, 2.24) is 5.43 Å². The number of non-ortho nitro benzene ring substituents is 1. The van der Waals surface area contributed by atoms with E-state index < -0.39 is 22.6 Å². The molecule has 7 nitrogen and oxygen atoms in total. The van der Waals surface area contributed by atoms with Crippen LogP contribution in [0.1, 0.15) is 20.7 Å². The molecular formula is C20H14FN3O4. The molecule has 0 unspecified atom stereocenters. The molecule has 0 fully saturated rings. The minimum atomic E-state index is -0.764. The highest BCUT2D eigenvalue weighted by Gasteiger charge is 2.23. The molecule has 0 atom stereocenters. The first-order valence-corrected chi connectivity index (χ1v) is 8.17. The number of hydrazine groups is 1. The Morgan fingerprint density at radius 2 is 1.50 bits per heavy atom. The van der Waals surface area contributed by atoms with Crippen molar-refractivity contribution in [2.24, 2.45) is 0 Å². The summed E-state index contributed by atoms with van der Waals surface area (Å²) in [7, 11) is 0. The summed E-state index contributed by atoms with van der Waals surface area (Å²) in [6.45, 7) is 0. The van der Waals surface area contributed by atoms with E-state index in [1.807, 2.05) is 0 Å². The van der Waals surface area contributed by atoms with E-state index in [1.54, 1.807) is 30.3 Å². The number of nitrogens with one attached hydrogen (secondary N) is 1. The van der Waals surface area contributed by atoms with Gasteiger partial charge in [-0.25, -0.2) is 9.40 Å². The molecule has 0 saturated heterocycles. The summed E-state index contributed by atoms with van der Waals surface area (Å²) in [6, 6.07) is 18.5. The summed E-state index contributed by atoms with van der Waals surface area (Å²) in [4.78, 5) is 35.6. The largest absolute Gasteiger partial charge is 0.279 e. The second-order valence-electron chi connectivity index (χ2n) is 5.70. The second kappa shape index (κ2) is 8.09. The van der Waals surface area contributed by atoms with Crippen LogP contribution in [0.15, 0.2) is 78.9 Å². The third kappa shape index (κ3) is 4.01. The van der Waals surface area contributed by atoms with Gasteiger partial charge in [-0.2, -0.15) is 0 Å².